The highest BCUT2D eigenvalue weighted by Gasteiger charge is 2.26. The largest absolute Gasteiger partial charge is 0.393 e. The molecule has 2 N–H and O–H groups in total. The molecule has 0 saturated heterocycles. The third-order valence-corrected chi connectivity index (χ3v) is 5.00. The van der Waals surface area contributed by atoms with Crippen molar-refractivity contribution in [2.45, 2.75) is 38.0 Å². The van der Waals surface area contributed by atoms with E-state index in [1.165, 1.54) is 0 Å². The molecule has 1 saturated carbocycles. The molecular formula is C13H20N2O2S2. The number of aliphatic hydroxyl groups is 1. The predicted molar refractivity (Wildman–Crippen MR) is 79.4 cm³/mol. The average molecular weight is 300 g/mol. The predicted octanol–water partition coefficient (Wildman–Crippen LogP) is 1.96. The zero-order valence-corrected chi connectivity index (χ0v) is 12.7. The van der Waals surface area contributed by atoms with Gasteiger partial charge in [-0.15, -0.1) is 11.3 Å². The van der Waals surface area contributed by atoms with Crippen molar-refractivity contribution < 1.29 is 9.90 Å². The van der Waals surface area contributed by atoms with Gasteiger partial charge in [0, 0.05) is 29.9 Å². The van der Waals surface area contributed by atoms with E-state index in [1.807, 2.05) is 6.92 Å². The fourth-order valence-electron chi connectivity index (χ4n) is 2.03. The number of nitrogens with one attached hydrogen (secondary N) is 1. The van der Waals surface area contributed by atoms with Crippen LogP contribution in [0.25, 0.3) is 0 Å². The van der Waals surface area contributed by atoms with Crippen LogP contribution in [0.4, 0.5) is 0 Å². The number of rotatable bonds is 7. The molecule has 1 aliphatic rings. The lowest BCUT2D eigenvalue weighted by molar-refractivity contribution is -0.121. The summed E-state index contributed by atoms with van der Waals surface area (Å²) in [6.07, 6.45) is 2.08. The van der Waals surface area contributed by atoms with Crippen molar-refractivity contribution in [2.75, 3.05) is 12.3 Å². The highest BCUT2D eigenvalue weighted by molar-refractivity contribution is 7.98. The van der Waals surface area contributed by atoms with Gasteiger partial charge in [0.25, 0.3) is 0 Å². The van der Waals surface area contributed by atoms with Gasteiger partial charge in [0.15, 0.2) is 0 Å². The highest BCUT2D eigenvalue weighted by atomic mass is 32.2. The lowest BCUT2D eigenvalue weighted by Gasteiger charge is -2.31. The van der Waals surface area contributed by atoms with Gasteiger partial charge in [-0.3, -0.25) is 4.79 Å². The first-order valence-electron chi connectivity index (χ1n) is 6.57. The first-order chi connectivity index (χ1) is 9.13. The van der Waals surface area contributed by atoms with Gasteiger partial charge in [-0.05, 0) is 25.7 Å². The molecule has 2 rings (SSSR count). The van der Waals surface area contributed by atoms with Crippen LogP contribution < -0.4 is 5.32 Å². The molecular weight excluding hydrogens is 280 g/mol. The molecule has 106 valence electrons. The van der Waals surface area contributed by atoms with Crippen molar-refractivity contribution in [3.8, 4) is 0 Å². The van der Waals surface area contributed by atoms with Crippen LogP contribution in [0.2, 0.25) is 0 Å². The number of aliphatic hydroxyl groups excluding tert-OH is 1. The quantitative estimate of drug-likeness (QED) is 0.756. The van der Waals surface area contributed by atoms with Crippen LogP contribution in [0.5, 0.6) is 0 Å². The molecule has 19 heavy (non-hydrogen) atoms. The van der Waals surface area contributed by atoms with E-state index in [0.717, 1.165) is 35.0 Å². The van der Waals surface area contributed by atoms with Crippen molar-refractivity contribution in [3.05, 3.63) is 16.1 Å². The Bertz CT molecular complexity index is 417. The Balaban J connectivity index is 1.49. The fraction of sp³-hybridized carbons (Fsp3) is 0.692. The maximum absolute atomic E-state index is 11.6. The van der Waals surface area contributed by atoms with Crippen LogP contribution in [0.3, 0.4) is 0 Å². The summed E-state index contributed by atoms with van der Waals surface area (Å²) in [6.45, 7) is 2.72. The highest BCUT2D eigenvalue weighted by Crippen LogP contribution is 2.26. The maximum atomic E-state index is 11.6. The molecule has 4 nitrogen and oxygen atoms in total. The summed E-state index contributed by atoms with van der Waals surface area (Å²) in [5.74, 6) is 2.30. The van der Waals surface area contributed by atoms with Gasteiger partial charge in [0.2, 0.25) is 5.91 Å². The molecule has 6 heteroatoms. The number of carbonyl (C=O) groups is 1. The number of hydrogen-bond donors (Lipinski definition) is 2. The van der Waals surface area contributed by atoms with Gasteiger partial charge >= 0.3 is 0 Å². The number of aryl methyl sites for hydroxylation is 1. The van der Waals surface area contributed by atoms with Crippen molar-refractivity contribution >= 4 is 29.0 Å². The average Bonchev–Trinajstić information content (AvgIpc) is 2.75. The van der Waals surface area contributed by atoms with Gasteiger partial charge in [-0.2, -0.15) is 11.8 Å². The molecule has 1 aromatic rings. The monoisotopic (exact) mass is 300 g/mol. The first kappa shape index (κ1) is 14.8. The molecule has 1 aliphatic carbocycles. The Morgan fingerprint density at radius 2 is 2.42 bits per heavy atom. The number of aromatic nitrogens is 1. The molecule has 1 fully saturated rings. The van der Waals surface area contributed by atoms with Gasteiger partial charge in [0.1, 0.15) is 0 Å². The van der Waals surface area contributed by atoms with Crippen molar-refractivity contribution in [3.63, 3.8) is 0 Å². The third-order valence-electron chi connectivity index (χ3n) is 3.19. The van der Waals surface area contributed by atoms with E-state index in [2.05, 4.69) is 15.7 Å². The van der Waals surface area contributed by atoms with Crippen LogP contribution >= 0.6 is 23.1 Å². The summed E-state index contributed by atoms with van der Waals surface area (Å²) in [5, 5.41) is 15.2. The molecule has 0 aliphatic heterocycles. The smallest absolute Gasteiger partial charge is 0.220 e. The molecule has 1 aromatic heterocycles. The van der Waals surface area contributed by atoms with E-state index >= 15 is 0 Å². The van der Waals surface area contributed by atoms with Gasteiger partial charge < -0.3 is 10.4 Å². The molecule has 1 heterocycles. The number of nitrogens with zero attached hydrogens (tertiary/aromatic N) is 1. The van der Waals surface area contributed by atoms with E-state index in [1.54, 1.807) is 23.1 Å². The zero-order valence-electron chi connectivity index (χ0n) is 11.1. The number of hydrogen-bond acceptors (Lipinski definition) is 5. The Labute approximate surface area is 122 Å². The summed E-state index contributed by atoms with van der Waals surface area (Å²) in [7, 11) is 0. The second-order valence-electron chi connectivity index (χ2n) is 4.96. The van der Waals surface area contributed by atoms with E-state index in [4.69, 9.17) is 5.11 Å². The molecule has 0 atom stereocenters. The molecule has 0 radical (unpaired) electrons. The van der Waals surface area contributed by atoms with Crippen LogP contribution in [0.15, 0.2) is 5.38 Å². The molecule has 0 spiro atoms. The zero-order chi connectivity index (χ0) is 13.7. The standard InChI is InChI=1S/C13H20N2O2S2/c1-9-15-11(8-19-9)7-18-3-2-13(17)14-6-10-4-12(16)5-10/h8,10,12,16H,2-7H2,1H3,(H,14,17). The molecule has 0 unspecified atom stereocenters. The summed E-state index contributed by atoms with van der Waals surface area (Å²) >= 11 is 3.41. The second kappa shape index (κ2) is 7.26. The lowest BCUT2D eigenvalue weighted by atomic mass is 9.82. The minimum atomic E-state index is -0.140. The molecule has 0 bridgehead atoms. The van der Waals surface area contributed by atoms with E-state index in [0.29, 0.717) is 18.9 Å². The third kappa shape index (κ3) is 5.12. The summed E-state index contributed by atoms with van der Waals surface area (Å²) < 4.78 is 0. The van der Waals surface area contributed by atoms with Crippen LogP contribution in [0.1, 0.15) is 30.0 Å². The normalized spacial score (nSPS) is 22.0. The summed E-state index contributed by atoms with van der Waals surface area (Å²) in [6, 6.07) is 0. The molecule has 0 aromatic carbocycles. The Morgan fingerprint density at radius 1 is 1.63 bits per heavy atom. The van der Waals surface area contributed by atoms with Crippen LogP contribution in [-0.4, -0.2) is 34.4 Å². The van der Waals surface area contributed by atoms with Crippen molar-refractivity contribution in [2.24, 2.45) is 5.92 Å². The van der Waals surface area contributed by atoms with Crippen molar-refractivity contribution in [1.29, 1.82) is 0 Å². The number of amides is 1. The van der Waals surface area contributed by atoms with E-state index in [9.17, 15) is 4.79 Å². The Hall–Kier alpha value is -0.590. The van der Waals surface area contributed by atoms with Crippen molar-refractivity contribution in [1.82, 2.24) is 10.3 Å². The number of thiazole rings is 1. The van der Waals surface area contributed by atoms with Crippen LogP contribution in [-0.2, 0) is 10.5 Å². The topological polar surface area (TPSA) is 62.2 Å². The van der Waals surface area contributed by atoms with Gasteiger partial charge in [0.05, 0.1) is 16.8 Å². The maximum Gasteiger partial charge on any atom is 0.220 e. The SMILES string of the molecule is Cc1nc(CSCCC(=O)NCC2CC(O)C2)cs1. The van der Waals surface area contributed by atoms with Crippen LogP contribution in [0, 0.1) is 12.8 Å². The Morgan fingerprint density at radius 3 is 3.05 bits per heavy atom. The second-order valence-corrected chi connectivity index (χ2v) is 7.12. The summed E-state index contributed by atoms with van der Waals surface area (Å²) in [5.41, 5.74) is 1.11. The number of thioether (sulfide) groups is 1. The number of carbonyl (C=O) groups excluding carboxylic acids is 1. The van der Waals surface area contributed by atoms with Gasteiger partial charge in [-0.25, -0.2) is 4.98 Å². The minimum Gasteiger partial charge on any atom is -0.393 e. The van der Waals surface area contributed by atoms with E-state index in [-0.39, 0.29) is 12.0 Å². The molecule has 1 amide bonds. The van der Waals surface area contributed by atoms with E-state index < -0.39 is 0 Å². The first-order valence-corrected chi connectivity index (χ1v) is 8.60. The fourth-order valence-corrected chi connectivity index (χ4v) is 3.58. The minimum absolute atomic E-state index is 0.114. The lowest BCUT2D eigenvalue weighted by Crippen LogP contribution is -2.38. The summed E-state index contributed by atoms with van der Waals surface area (Å²) in [4.78, 5) is 16.0. The Kier molecular flexibility index (Phi) is 5.66. The van der Waals surface area contributed by atoms with Gasteiger partial charge in [-0.1, -0.05) is 0 Å².